The molecule has 1 fully saturated rings. The molecule has 0 spiro atoms. The van der Waals surface area contributed by atoms with Crippen molar-refractivity contribution in [1.82, 2.24) is 4.98 Å². The lowest BCUT2D eigenvalue weighted by Gasteiger charge is -2.18. The van der Waals surface area contributed by atoms with Crippen LogP contribution < -0.4 is 0 Å². The van der Waals surface area contributed by atoms with Gasteiger partial charge in [-0.3, -0.25) is 0 Å². The lowest BCUT2D eigenvalue weighted by Crippen LogP contribution is -2.21. The quantitative estimate of drug-likeness (QED) is 0.633. The summed E-state index contributed by atoms with van der Waals surface area (Å²) in [6.07, 6.45) is 1.64. The Labute approximate surface area is 69.0 Å². The summed E-state index contributed by atoms with van der Waals surface area (Å²) in [6.45, 7) is 3.18. The summed E-state index contributed by atoms with van der Waals surface area (Å²) in [4.78, 5) is 4.08. The number of hydrogen-bond acceptors (Lipinski definition) is 4. The molecule has 0 aliphatic carbocycles. The van der Waals surface area contributed by atoms with Crippen molar-refractivity contribution in [2.24, 2.45) is 0 Å². The van der Waals surface area contributed by atoms with Crippen molar-refractivity contribution >= 4 is 11.3 Å². The minimum atomic E-state index is -0.606. The summed E-state index contributed by atoms with van der Waals surface area (Å²) < 4.78 is 10.8. The van der Waals surface area contributed by atoms with E-state index in [1.165, 1.54) is 11.3 Å². The summed E-state index contributed by atoms with van der Waals surface area (Å²) >= 11 is 1.43. The monoisotopic (exact) mass is 170 g/mol. The molecular weight excluding hydrogens is 162 g/mol. The van der Waals surface area contributed by atoms with Gasteiger partial charge >= 0.3 is 0 Å². The minimum absolute atomic E-state index is 0.606. The van der Waals surface area contributed by atoms with E-state index in [0.717, 1.165) is 5.01 Å². The molecule has 1 aliphatic rings. The number of rotatable bonds is 1. The summed E-state index contributed by atoms with van der Waals surface area (Å²) in [5, 5.41) is 3.74. The van der Waals surface area contributed by atoms with Gasteiger partial charge in [-0.2, -0.15) is 0 Å². The van der Waals surface area contributed by atoms with E-state index in [0.29, 0.717) is 13.2 Å². The van der Waals surface area contributed by atoms with Crippen LogP contribution in [0.25, 0.3) is 0 Å². The van der Waals surface area contributed by atoms with E-state index in [1.807, 2.05) is 6.92 Å². The van der Waals surface area contributed by atoms with Crippen LogP contribution in [-0.4, -0.2) is 18.2 Å². The Balaban J connectivity index is 2.27. The lowest BCUT2D eigenvalue weighted by atomic mass is 10.3. The highest BCUT2D eigenvalue weighted by molar-refractivity contribution is 7.09. The molecule has 11 heavy (non-hydrogen) atoms. The van der Waals surface area contributed by atoms with E-state index in [1.54, 1.807) is 6.20 Å². The Kier molecular flexibility index (Phi) is 1.67. The largest absolute Gasteiger partial charge is 0.342 e. The molecule has 0 bridgehead atoms. The predicted molar refractivity (Wildman–Crippen MR) is 40.2 cm³/mol. The molecule has 1 aliphatic heterocycles. The fraction of sp³-hybridized carbons (Fsp3) is 0.571. The van der Waals surface area contributed by atoms with Crippen LogP contribution in [0.15, 0.2) is 6.20 Å². The zero-order valence-electron chi connectivity index (χ0n) is 6.16. The van der Waals surface area contributed by atoms with Gasteiger partial charge in [0.2, 0.25) is 5.79 Å². The van der Waals surface area contributed by atoms with Gasteiger partial charge in [-0.25, -0.2) is 4.98 Å². The molecular formula is C7H8NO2S. The van der Waals surface area contributed by atoms with Crippen molar-refractivity contribution in [2.45, 2.75) is 12.7 Å². The molecule has 0 aromatic carbocycles. The number of nitrogens with zero attached hydrogens (tertiary/aromatic N) is 1. The third-order valence-electron chi connectivity index (χ3n) is 1.62. The second kappa shape index (κ2) is 2.55. The first-order chi connectivity index (χ1) is 5.31. The molecule has 4 heteroatoms. The van der Waals surface area contributed by atoms with Gasteiger partial charge in [0.25, 0.3) is 0 Å². The Hall–Kier alpha value is -0.450. The van der Waals surface area contributed by atoms with Gasteiger partial charge in [0.1, 0.15) is 0 Å². The van der Waals surface area contributed by atoms with E-state index in [-0.39, 0.29) is 0 Å². The third-order valence-corrected chi connectivity index (χ3v) is 2.51. The molecule has 1 aromatic rings. The van der Waals surface area contributed by atoms with Gasteiger partial charge in [-0.15, -0.1) is 11.3 Å². The van der Waals surface area contributed by atoms with E-state index < -0.39 is 5.79 Å². The SMILES string of the molecule is CC1(c2nc[c]s2)OCCO1. The van der Waals surface area contributed by atoms with Crippen LogP contribution in [0.3, 0.4) is 0 Å². The standard InChI is InChI=1S/C7H8NO2S/c1-7(9-3-4-10-7)6-8-2-5-11-6/h2H,3-4H2,1H3. The molecule has 2 heterocycles. The van der Waals surface area contributed by atoms with Crippen LogP contribution in [0.5, 0.6) is 0 Å². The van der Waals surface area contributed by atoms with Crippen molar-refractivity contribution < 1.29 is 9.47 Å². The maximum Gasteiger partial charge on any atom is 0.219 e. The highest BCUT2D eigenvalue weighted by atomic mass is 32.1. The topological polar surface area (TPSA) is 31.4 Å². The maximum absolute atomic E-state index is 5.39. The van der Waals surface area contributed by atoms with Crippen LogP contribution in [0.2, 0.25) is 0 Å². The first kappa shape index (κ1) is 7.21. The van der Waals surface area contributed by atoms with Gasteiger partial charge in [0.15, 0.2) is 5.01 Å². The predicted octanol–water partition coefficient (Wildman–Crippen LogP) is 1.16. The van der Waals surface area contributed by atoms with Crippen LogP contribution in [0, 0.1) is 5.38 Å². The zero-order valence-corrected chi connectivity index (χ0v) is 6.98. The molecule has 1 saturated heterocycles. The fourth-order valence-corrected chi connectivity index (χ4v) is 1.67. The van der Waals surface area contributed by atoms with E-state index in [9.17, 15) is 0 Å². The van der Waals surface area contributed by atoms with Crippen LogP contribution in [-0.2, 0) is 15.3 Å². The molecule has 0 saturated carbocycles. The van der Waals surface area contributed by atoms with E-state index >= 15 is 0 Å². The number of aromatic nitrogens is 1. The first-order valence-electron chi connectivity index (χ1n) is 3.41. The van der Waals surface area contributed by atoms with Crippen molar-refractivity contribution in [3.05, 3.63) is 16.6 Å². The van der Waals surface area contributed by atoms with Gasteiger partial charge < -0.3 is 9.47 Å². The highest BCUT2D eigenvalue weighted by Gasteiger charge is 2.35. The second-order valence-electron chi connectivity index (χ2n) is 2.43. The van der Waals surface area contributed by atoms with Gasteiger partial charge in [0.05, 0.1) is 18.6 Å². The molecule has 0 unspecified atom stereocenters. The lowest BCUT2D eigenvalue weighted by molar-refractivity contribution is -0.149. The Bertz CT molecular complexity index is 229. The molecule has 0 amide bonds. The summed E-state index contributed by atoms with van der Waals surface area (Å²) in [6, 6.07) is 0. The molecule has 59 valence electrons. The highest BCUT2D eigenvalue weighted by Crippen LogP contribution is 2.31. The molecule has 1 aromatic heterocycles. The fourth-order valence-electron chi connectivity index (χ4n) is 1.04. The van der Waals surface area contributed by atoms with Crippen molar-refractivity contribution in [1.29, 1.82) is 0 Å². The van der Waals surface area contributed by atoms with Gasteiger partial charge in [-0.05, 0) is 6.92 Å². The summed E-state index contributed by atoms with van der Waals surface area (Å²) in [7, 11) is 0. The van der Waals surface area contributed by atoms with Crippen molar-refractivity contribution in [3.8, 4) is 0 Å². The molecule has 0 atom stereocenters. The average molecular weight is 170 g/mol. The van der Waals surface area contributed by atoms with Crippen LogP contribution in [0.4, 0.5) is 0 Å². The van der Waals surface area contributed by atoms with Gasteiger partial charge in [-0.1, -0.05) is 0 Å². The average Bonchev–Trinajstić information content (AvgIpc) is 2.55. The maximum atomic E-state index is 5.39. The molecule has 3 nitrogen and oxygen atoms in total. The summed E-state index contributed by atoms with van der Waals surface area (Å²) in [5.41, 5.74) is 0. The third kappa shape index (κ3) is 1.17. The Morgan fingerprint density at radius 1 is 1.64 bits per heavy atom. The zero-order chi connectivity index (χ0) is 7.73. The number of thiazole rings is 1. The molecule has 0 N–H and O–H groups in total. The normalized spacial score (nSPS) is 22.3. The Morgan fingerprint density at radius 2 is 2.36 bits per heavy atom. The van der Waals surface area contributed by atoms with Crippen molar-refractivity contribution in [2.75, 3.05) is 13.2 Å². The molecule has 2 rings (SSSR count). The van der Waals surface area contributed by atoms with Crippen LogP contribution in [0.1, 0.15) is 11.9 Å². The Morgan fingerprint density at radius 3 is 2.91 bits per heavy atom. The van der Waals surface area contributed by atoms with E-state index in [4.69, 9.17) is 9.47 Å². The van der Waals surface area contributed by atoms with Gasteiger partial charge in [0, 0.05) is 6.20 Å². The number of hydrogen-bond donors (Lipinski definition) is 0. The minimum Gasteiger partial charge on any atom is -0.342 e. The first-order valence-corrected chi connectivity index (χ1v) is 4.23. The molecule has 1 radical (unpaired) electrons. The smallest absolute Gasteiger partial charge is 0.219 e. The second-order valence-corrected chi connectivity index (χ2v) is 3.25. The summed E-state index contributed by atoms with van der Waals surface area (Å²) in [5.74, 6) is -0.606. The van der Waals surface area contributed by atoms with Crippen molar-refractivity contribution in [3.63, 3.8) is 0 Å². The van der Waals surface area contributed by atoms with E-state index in [2.05, 4.69) is 10.4 Å². The van der Waals surface area contributed by atoms with Crippen LogP contribution >= 0.6 is 11.3 Å². The number of ether oxygens (including phenoxy) is 2.